The molecule has 3 rings (SSSR count). The van der Waals surface area contributed by atoms with Crippen LogP contribution in [-0.4, -0.2) is 15.2 Å². The first-order valence-electron chi connectivity index (χ1n) is 8.84. The molecule has 24 heavy (non-hydrogen) atoms. The minimum absolute atomic E-state index is 0.891. The number of aromatic amines is 1. The van der Waals surface area contributed by atoms with Gasteiger partial charge in [0.1, 0.15) is 5.69 Å². The lowest BCUT2D eigenvalue weighted by atomic mass is 10.0. The molecule has 1 N–H and O–H groups in total. The summed E-state index contributed by atoms with van der Waals surface area (Å²) in [7, 11) is 0. The lowest BCUT2D eigenvalue weighted by Crippen LogP contribution is -1.88. The number of hydrogen-bond donors (Lipinski definition) is 1. The number of pyridine rings is 1. The summed E-state index contributed by atoms with van der Waals surface area (Å²) in [5.41, 5.74) is 6.67. The van der Waals surface area contributed by atoms with Crippen LogP contribution in [-0.2, 0) is 6.42 Å². The van der Waals surface area contributed by atoms with Crippen LogP contribution in [0.2, 0.25) is 0 Å². The highest BCUT2D eigenvalue weighted by atomic mass is 15.1. The number of unbranched alkanes of at least 4 members (excludes halogenated alkanes) is 3. The van der Waals surface area contributed by atoms with Gasteiger partial charge in [0.25, 0.3) is 0 Å². The van der Waals surface area contributed by atoms with Crippen molar-refractivity contribution in [3.63, 3.8) is 0 Å². The summed E-state index contributed by atoms with van der Waals surface area (Å²) in [4.78, 5) is 4.44. The van der Waals surface area contributed by atoms with Gasteiger partial charge in [-0.2, -0.15) is 5.10 Å². The molecule has 0 aliphatic carbocycles. The molecular weight excluding hydrogens is 294 g/mol. The number of aromatic nitrogens is 3. The largest absolute Gasteiger partial charge is 0.282 e. The average Bonchev–Trinajstić information content (AvgIpc) is 3.06. The van der Waals surface area contributed by atoms with Gasteiger partial charge in [0.15, 0.2) is 0 Å². The van der Waals surface area contributed by atoms with Crippen molar-refractivity contribution in [3.8, 4) is 22.5 Å². The van der Waals surface area contributed by atoms with E-state index in [1.54, 1.807) is 0 Å². The molecule has 0 saturated carbocycles. The Labute approximate surface area is 144 Å². The topological polar surface area (TPSA) is 41.6 Å². The molecule has 0 radical (unpaired) electrons. The molecule has 3 aromatic rings. The standard InChI is InChI=1S/C21H25N3/c1-3-4-5-6-7-17-8-10-18(11-9-17)19-12-13-22-20(15-19)21-14-16(2)23-24-21/h8-15H,3-7H2,1-2H3,(H,23,24). The molecular formula is C21H25N3. The number of rotatable bonds is 7. The number of nitrogens with one attached hydrogen (secondary N) is 1. The van der Waals surface area contributed by atoms with E-state index >= 15 is 0 Å². The molecule has 0 aliphatic rings. The van der Waals surface area contributed by atoms with Gasteiger partial charge < -0.3 is 0 Å². The van der Waals surface area contributed by atoms with Crippen LogP contribution in [0.3, 0.4) is 0 Å². The molecule has 0 saturated heterocycles. The van der Waals surface area contributed by atoms with E-state index in [0.717, 1.165) is 17.1 Å². The van der Waals surface area contributed by atoms with Crippen LogP contribution in [0.5, 0.6) is 0 Å². The average molecular weight is 319 g/mol. The normalized spacial score (nSPS) is 10.9. The Hall–Kier alpha value is -2.42. The minimum Gasteiger partial charge on any atom is -0.282 e. The SMILES string of the molecule is CCCCCCc1ccc(-c2ccnc(-c3cc(C)[nH]n3)c2)cc1. The Morgan fingerprint density at radius 3 is 2.42 bits per heavy atom. The molecule has 0 aliphatic heterocycles. The lowest BCUT2D eigenvalue weighted by molar-refractivity contribution is 0.667. The van der Waals surface area contributed by atoms with Gasteiger partial charge in [-0.15, -0.1) is 0 Å². The molecule has 3 nitrogen and oxygen atoms in total. The Morgan fingerprint density at radius 1 is 0.875 bits per heavy atom. The fourth-order valence-electron chi connectivity index (χ4n) is 2.92. The second-order valence-corrected chi connectivity index (χ2v) is 6.37. The Kier molecular flexibility index (Phi) is 5.42. The van der Waals surface area contributed by atoms with Gasteiger partial charge in [-0.05, 0) is 54.7 Å². The van der Waals surface area contributed by atoms with Gasteiger partial charge in [-0.25, -0.2) is 0 Å². The van der Waals surface area contributed by atoms with Crippen molar-refractivity contribution < 1.29 is 0 Å². The molecule has 2 aromatic heterocycles. The quantitative estimate of drug-likeness (QED) is 0.578. The highest BCUT2D eigenvalue weighted by Crippen LogP contribution is 2.24. The Morgan fingerprint density at radius 2 is 1.71 bits per heavy atom. The van der Waals surface area contributed by atoms with Crippen molar-refractivity contribution in [2.75, 3.05) is 0 Å². The van der Waals surface area contributed by atoms with E-state index in [0.29, 0.717) is 0 Å². The second kappa shape index (κ2) is 7.91. The molecule has 0 atom stereocenters. The molecule has 2 heterocycles. The predicted octanol–water partition coefficient (Wildman–Crippen LogP) is 5.57. The first-order chi connectivity index (χ1) is 11.8. The summed E-state index contributed by atoms with van der Waals surface area (Å²) in [5, 5.41) is 7.27. The van der Waals surface area contributed by atoms with Crippen molar-refractivity contribution in [1.29, 1.82) is 0 Å². The zero-order chi connectivity index (χ0) is 16.8. The highest BCUT2D eigenvalue weighted by Gasteiger charge is 2.06. The van der Waals surface area contributed by atoms with Crippen molar-refractivity contribution in [2.24, 2.45) is 0 Å². The summed E-state index contributed by atoms with van der Waals surface area (Å²) >= 11 is 0. The van der Waals surface area contributed by atoms with Gasteiger partial charge in [0.2, 0.25) is 0 Å². The maximum atomic E-state index is 4.44. The van der Waals surface area contributed by atoms with Crippen molar-refractivity contribution in [3.05, 3.63) is 59.9 Å². The Bertz CT molecular complexity index is 772. The lowest BCUT2D eigenvalue weighted by Gasteiger charge is -2.06. The minimum atomic E-state index is 0.891. The zero-order valence-corrected chi connectivity index (χ0v) is 14.5. The number of H-pyrrole nitrogens is 1. The second-order valence-electron chi connectivity index (χ2n) is 6.37. The van der Waals surface area contributed by atoms with E-state index in [1.807, 2.05) is 19.2 Å². The molecule has 0 spiro atoms. The smallest absolute Gasteiger partial charge is 0.111 e. The van der Waals surface area contributed by atoms with Crippen LogP contribution >= 0.6 is 0 Å². The van der Waals surface area contributed by atoms with Crippen LogP contribution in [0.4, 0.5) is 0 Å². The van der Waals surface area contributed by atoms with E-state index < -0.39 is 0 Å². The van der Waals surface area contributed by atoms with Crippen molar-refractivity contribution >= 4 is 0 Å². The summed E-state index contributed by atoms with van der Waals surface area (Å²) in [6.45, 7) is 4.25. The maximum Gasteiger partial charge on any atom is 0.111 e. The highest BCUT2D eigenvalue weighted by molar-refractivity contribution is 5.69. The molecule has 0 bridgehead atoms. The molecule has 1 aromatic carbocycles. The molecule has 0 amide bonds. The van der Waals surface area contributed by atoms with E-state index in [1.165, 1.54) is 48.8 Å². The molecule has 0 fully saturated rings. The third-order valence-electron chi connectivity index (χ3n) is 4.33. The van der Waals surface area contributed by atoms with Crippen molar-refractivity contribution in [1.82, 2.24) is 15.2 Å². The fourth-order valence-corrected chi connectivity index (χ4v) is 2.92. The number of benzene rings is 1. The van der Waals surface area contributed by atoms with Crippen molar-refractivity contribution in [2.45, 2.75) is 46.0 Å². The van der Waals surface area contributed by atoms with Gasteiger partial charge in [-0.1, -0.05) is 50.5 Å². The van der Waals surface area contributed by atoms with Crippen LogP contribution in [0.1, 0.15) is 43.9 Å². The third kappa shape index (κ3) is 4.10. The van der Waals surface area contributed by atoms with Crippen LogP contribution in [0.15, 0.2) is 48.7 Å². The molecule has 124 valence electrons. The monoisotopic (exact) mass is 319 g/mol. The number of nitrogens with zero attached hydrogens (tertiary/aromatic N) is 2. The predicted molar refractivity (Wildman–Crippen MR) is 99.8 cm³/mol. The number of hydrogen-bond acceptors (Lipinski definition) is 2. The maximum absolute atomic E-state index is 4.44. The Balaban J connectivity index is 1.72. The van der Waals surface area contributed by atoms with Gasteiger partial charge in [-0.3, -0.25) is 10.1 Å². The van der Waals surface area contributed by atoms with E-state index in [2.05, 4.69) is 58.5 Å². The number of aryl methyl sites for hydroxylation is 2. The third-order valence-corrected chi connectivity index (χ3v) is 4.33. The summed E-state index contributed by atoms with van der Waals surface area (Å²) in [5.74, 6) is 0. The first-order valence-corrected chi connectivity index (χ1v) is 8.84. The van der Waals surface area contributed by atoms with Gasteiger partial charge >= 0.3 is 0 Å². The van der Waals surface area contributed by atoms with Gasteiger partial charge in [0.05, 0.1) is 5.69 Å². The van der Waals surface area contributed by atoms with E-state index in [9.17, 15) is 0 Å². The summed E-state index contributed by atoms with van der Waals surface area (Å²) < 4.78 is 0. The van der Waals surface area contributed by atoms with Crippen LogP contribution < -0.4 is 0 Å². The van der Waals surface area contributed by atoms with E-state index in [4.69, 9.17) is 0 Å². The zero-order valence-electron chi connectivity index (χ0n) is 14.5. The molecule has 3 heteroatoms. The van der Waals surface area contributed by atoms with E-state index in [-0.39, 0.29) is 0 Å². The van der Waals surface area contributed by atoms with Gasteiger partial charge in [0, 0.05) is 11.9 Å². The fraction of sp³-hybridized carbons (Fsp3) is 0.333. The van der Waals surface area contributed by atoms with Crippen LogP contribution in [0.25, 0.3) is 22.5 Å². The van der Waals surface area contributed by atoms with Crippen LogP contribution in [0, 0.1) is 6.92 Å². The molecule has 0 unspecified atom stereocenters. The summed E-state index contributed by atoms with van der Waals surface area (Å²) in [6, 6.07) is 15.1. The summed E-state index contributed by atoms with van der Waals surface area (Å²) in [6.07, 6.45) is 8.27. The first kappa shape index (κ1) is 16.4.